The summed E-state index contributed by atoms with van der Waals surface area (Å²) in [5.74, 6) is -0.478. The number of para-hydroxylation sites is 1. The maximum Gasteiger partial charge on any atom is 0.262 e. The predicted octanol–water partition coefficient (Wildman–Crippen LogP) is 5.19. The molecule has 0 aliphatic rings. The smallest absolute Gasteiger partial charge is 0.262 e. The molecule has 7 nitrogen and oxygen atoms in total. The van der Waals surface area contributed by atoms with E-state index in [1.807, 2.05) is 12.1 Å². The molecule has 0 unspecified atom stereocenters. The number of halogens is 1. The molecule has 0 radical (unpaired) electrons. The minimum atomic E-state index is -4.09. The highest BCUT2D eigenvalue weighted by Crippen LogP contribution is 2.20. The summed E-state index contributed by atoms with van der Waals surface area (Å²) in [5, 5.41) is 2.75. The second-order valence-electron chi connectivity index (χ2n) is 7.34. The van der Waals surface area contributed by atoms with Gasteiger partial charge < -0.3 is 14.5 Å². The molecule has 0 saturated carbocycles. The SMILES string of the molecule is O=C(Nc1cccc(COCc2ccco2)c1)c1cccc(S(=O)(=O)Nc2ccccc2F)c1. The fraction of sp³-hybridized carbons (Fsp3) is 0.0800. The molecule has 4 aromatic rings. The Hall–Kier alpha value is -3.95. The third-order valence-corrected chi connectivity index (χ3v) is 6.17. The maximum absolute atomic E-state index is 13.9. The van der Waals surface area contributed by atoms with Gasteiger partial charge in [-0.05, 0) is 60.2 Å². The van der Waals surface area contributed by atoms with E-state index < -0.39 is 21.7 Å². The van der Waals surface area contributed by atoms with E-state index in [1.165, 1.54) is 42.5 Å². The number of amides is 1. The van der Waals surface area contributed by atoms with Crippen molar-refractivity contribution >= 4 is 27.3 Å². The fourth-order valence-corrected chi connectivity index (χ4v) is 4.27. The summed E-state index contributed by atoms with van der Waals surface area (Å²) < 4.78 is 52.3. The standard InChI is InChI=1S/C25H21FN2O5S/c26-23-11-1-2-12-24(23)28-34(30,31)22-10-4-7-19(15-22)25(29)27-20-8-3-6-18(14-20)16-32-17-21-9-5-13-33-21/h1-15,28H,16-17H2,(H,27,29). The Labute approximate surface area is 196 Å². The number of nitrogens with one attached hydrogen (secondary N) is 2. The molecule has 0 fully saturated rings. The lowest BCUT2D eigenvalue weighted by atomic mass is 10.2. The molecule has 34 heavy (non-hydrogen) atoms. The third-order valence-electron chi connectivity index (χ3n) is 4.80. The third kappa shape index (κ3) is 5.89. The van der Waals surface area contributed by atoms with Crippen molar-refractivity contribution in [1.29, 1.82) is 0 Å². The molecule has 0 saturated heterocycles. The van der Waals surface area contributed by atoms with Crippen LogP contribution in [-0.2, 0) is 28.0 Å². The second kappa shape index (κ2) is 10.3. The first-order valence-corrected chi connectivity index (χ1v) is 11.8. The molecule has 0 spiro atoms. The first-order chi connectivity index (χ1) is 16.4. The molecule has 1 aromatic heterocycles. The number of benzene rings is 3. The van der Waals surface area contributed by atoms with Gasteiger partial charge in [-0.2, -0.15) is 0 Å². The van der Waals surface area contributed by atoms with E-state index >= 15 is 0 Å². The van der Waals surface area contributed by atoms with Crippen LogP contribution < -0.4 is 10.0 Å². The second-order valence-corrected chi connectivity index (χ2v) is 9.02. The van der Waals surface area contributed by atoms with Crippen LogP contribution in [0.1, 0.15) is 21.7 Å². The lowest BCUT2D eigenvalue weighted by Gasteiger charge is -2.11. The van der Waals surface area contributed by atoms with Gasteiger partial charge in [0.05, 0.1) is 23.5 Å². The van der Waals surface area contributed by atoms with Gasteiger partial charge in [-0.15, -0.1) is 0 Å². The van der Waals surface area contributed by atoms with Crippen molar-refractivity contribution in [3.05, 3.63) is 114 Å². The minimum absolute atomic E-state index is 0.135. The van der Waals surface area contributed by atoms with Crippen LogP contribution in [0.25, 0.3) is 0 Å². The summed E-state index contributed by atoms with van der Waals surface area (Å²) >= 11 is 0. The Morgan fingerprint density at radius 1 is 0.912 bits per heavy atom. The topological polar surface area (TPSA) is 97.6 Å². The number of furan rings is 1. The number of carbonyl (C=O) groups is 1. The average molecular weight is 481 g/mol. The van der Waals surface area contributed by atoms with Crippen molar-refractivity contribution in [2.75, 3.05) is 10.0 Å². The molecule has 2 N–H and O–H groups in total. The molecule has 1 amide bonds. The van der Waals surface area contributed by atoms with E-state index in [2.05, 4.69) is 10.0 Å². The summed E-state index contributed by atoms with van der Waals surface area (Å²) in [7, 11) is -4.09. The quantitative estimate of drug-likeness (QED) is 0.344. The van der Waals surface area contributed by atoms with Crippen LogP contribution >= 0.6 is 0 Å². The molecule has 0 aliphatic carbocycles. The number of hydrogen-bond donors (Lipinski definition) is 2. The number of carbonyl (C=O) groups excluding carboxylic acids is 1. The van der Waals surface area contributed by atoms with Crippen LogP contribution in [0.5, 0.6) is 0 Å². The summed E-state index contributed by atoms with van der Waals surface area (Å²) in [5.41, 5.74) is 1.33. The zero-order chi connectivity index (χ0) is 24.0. The molecule has 1 heterocycles. The Kier molecular flexibility index (Phi) is 7.05. The molecule has 4 rings (SSSR count). The van der Waals surface area contributed by atoms with E-state index in [4.69, 9.17) is 9.15 Å². The van der Waals surface area contributed by atoms with E-state index in [0.29, 0.717) is 24.7 Å². The monoisotopic (exact) mass is 480 g/mol. The first kappa shape index (κ1) is 23.2. The van der Waals surface area contributed by atoms with Crippen molar-refractivity contribution in [1.82, 2.24) is 0 Å². The summed E-state index contributed by atoms with van der Waals surface area (Å²) in [6.45, 7) is 0.644. The van der Waals surface area contributed by atoms with Gasteiger partial charge in [0.1, 0.15) is 18.2 Å². The highest BCUT2D eigenvalue weighted by Gasteiger charge is 2.18. The Bertz CT molecular complexity index is 1390. The van der Waals surface area contributed by atoms with Gasteiger partial charge in [-0.1, -0.05) is 30.3 Å². The van der Waals surface area contributed by atoms with Crippen molar-refractivity contribution in [3.8, 4) is 0 Å². The molecule has 9 heteroatoms. The van der Waals surface area contributed by atoms with Gasteiger partial charge in [0.2, 0.25) is 0 Å². The van der Waals surface area contributed by atoms with Gasteiger partial charge in [0.25, 0.3) is 15.9 Å². The lowest BCUT2D eigenvalue weighted by Crippen LogP contribution is -2.16. The number of rotatable bonds is 9. The molecular formula is C25H21FN2O5S. The van der Waals surface area contributed by atoms with E-state index in [0.717, 1.165) is 11.6 Å². The summed E-state index contributed by atoms with van der Waals surface area (Å²) in [6.07, 6.45) is 1.57. The van der Waals surface area contributed by atoms with E-state index in [9.17, 15) is 17.6 Å². The van der Waals surface area contributed by atoms with Crippen LogP contribution in [-0.4, -0.2) is 14.3 Å². The normalized spacial score (nSPS) is 11.2. The highest BCUT2D eigenvalue weighted by molar-refractivity contribution is 7.92. The van der Waals surface area contributed by atoms with Crippen LogP contribution in [0.4, 0.5) is 15.8 Å². The zero-order valence-corrected chi connectivity index (χ0v) is 18.7. The van der Waals surface area contributed by atoms with Crippen LogP contribution in [0.3, 0.4) is 0 Å². The molecule has 0 atom stereocenters. The molecular weight excluding hydrogens is 459 g/mol. The number of hydrogen-bond acceptors (Lipinski definition) is 5. The molecule has 0 aliphatic heterocycles. The molecule has 3 aromatic carbocycles. The highest BCUT2D eigenvalue weighted by atomic mass is 32.2. The molecule has 0 bridgehead atoms. The van der Waals surface area contributed by atoms with Gasteiger partial charge in [-0.25, -0.2) is 12.8 Å². The maximum atomic E-state index is 13.9. The zero-order valence-electron chi connectivity index (χ0n) is 17.9. The minimum Gasteiger partial charge on any atom is -0.467 e. The number of ether oxygens (including phenoxy) is 1. The average Bonchev–Trinajstić information content (AvgIpc) is 3.34. The Morgan fingerprint density at radius 2 is 1.74 bits per heavy atom. The Balaban J connectivity index is 1.43. The van der Waals surface area contributed by atoms with Crippen molar-refractivity contribution < 1.29 is 26.8 Å². The fourth-order valence-electron chi connectivity index (χ4n) is 3.16. The predicted molar refractivity (Wildman–Crippen MR) is 125 cm³/mol. The van der Waals surface area contributed by atoms with Crippen molar-refractivity contribution in [2.45, 2.75) is 18.1 Å². The Morgan fingerprint density at radius 3 is 2.53 bits per heavy atom. The summed E-state index contributed by atoms with van der Waals surface area (Å²) in [4.78, 5) is 12.6. The van der Waals surface area contributed by atoms with Gasteiger partial charge in [0, 0.05) is 11.3 Å². The molecule has 174 valence electrons. The lowest BCUT2D eigenvalue weighted by molar-refractivity contribution is 0.0929. The van der Waals surface area contributed by atoms with Gasteiger partial charge in [-0.3, -0.25) is 9.52 Å². The number of anilines is 2. The van der Waals surface area contributed by atoms with Crippen LogP contribution in [0.15, 0.2) is 101 Å². The van der Waals surface area contributed by atoms with Gasteiger partial charge >= 0.3 is 0 Å². The largest absolute Gasteiger partial charge is 0.467 e. The van der Waals surface area contributed by atoms with E-state index in [1.54, 1.807) is 30.5 Å². The van der Waals surface area contributed by atoms with Crippen molar-refractivity contribution in [2.24, 2.45) is 0 Å². The first-order valence-electron chi connectivity index (χ1n) is 10.3. The number of sulfonamides is 1. The van der Waals surface area contributed by atoms with Gasteiger partial charge in [0.15, 0.2) is 0 Å². The van der Waals surface area contributed by atoms with Crippen LogP contribution in [0, 0.1) is 5.82 Å². The van der Waals surface area contributed by atoms with E-state index in [-0.39, 0.29) is 16.1 Å². The summed E-state index contributed by atoms with van der Waals surface area (Å²) in [6, 6.07) is 21.7. The van der Waals surface area contributed by atoms with Crippen molar-refractivity contribution in [3.63, 3.8) is 0 Å². The van der Waals surface area contributed by atoms with Crippen LogP contribution in [0.2, 0.25) is 0 Å².